The molecule has 0 bridgehead atoms. The van der Waals surface area contributed by atoms with E-state index in [4.69, 9.17) is 4.74 Å². The normalized spacial score (nSPS) is 28.0. The zero-order valence-corrected chi connectivity index (χ0v) is 17.0. The molecular formula is C24H30N2O3. The van der Waals surface area contributed by atoms with Gasteiger partial charge in [-0.3, -0.25) is 4.79 Å². The Morgan fingerprint density at radius 1 is 1.03 bits per heavy atom. The van der Waals surface area contributed by atoms with Gasteiger partial charge in [-0.05, 0) is 79.7 Å². The number of nitrogens with one attached hydrogen (secondary N) is 1. The summed E-state index contributed by atoms with van der Waals surface area (Å²) in [5.41, 5.74) is 3.29. The fourth-order valence-corrected chi connectivity index (χ4v) is 6.34. The summed E-state index contributed by atoms with van der Waals surface area (Å²) in [6, 6.07) is 9.33. The zero-order chi connectivity index (χ0) is 19.6. The zero-order valence-electron chi connectivity index (χ0n) is 17.0. The second-order valence-electron chi connectivity index (χ2n) is 10.5. The molecule has 5 nitrogen and oxygen atoms in total. The quantitative estimate of drug-likeness (QED) is 0.845. The number of amides is 2. The number of nitrogens with zero attached hydrogens (tertiary/aromatic N) is 1. The van der Waals surface area contributed by atoms with Crippen molar-refractivity contribution in [1.82, 2.24) is 10.2 Å². The topological polar surface area (TPSA) is 58.6 Å². The van der Waals surface area contributed by atoms with Crippen molar-refractivity contribution in [2.45, 2.75) is 68.7 Å². The average Bonchev–Trinajstić information content (AvgIpc) is 3.46. The number of hydrogen-bond acceptors (Lipinski definition) is 3. The molecule has 6 rings (SSSR count). The first kappa shape index (κ1) is 17.8. The minimum atomic E-state index is -0.335. The lowest BCUT2D eigenvalue weighted by molar-refractivity contribution is -0.144. The highest BCUT2D eigenvalue weighted by Gasteiger charge is 2.54. The molecule has 0 unspecified atom stereocenters. The Morgan fingerprint density at radius 3 is 2.34 bits per heavy atom. The Labute approximate surface area is 172 Å². The third-order valence-corrected chi connectivity index (χ3v) is 8.40. The Hall–Kier alpha value is -2.04. The van der Waals surface area contributed by atoms with E-state index in [1.807, 2.05) is 0 Å². The molecule has 1 aromatic rings. The van der Waals surface area contributed by atoms with Crippen LogP contribution in [0.1, 0.15) is 74.3 Å². The molecule has 5 heteroatoms. The molecule has 2 spiro atoms. The lowest BCUT2D eigenvalue weighted by Crippen LogP contribution is -2.59. The third-order valence-electron chi connectivity index (χ3n) is 8.40. The van der Waals surface area contributed by atoms with E-state index in [-0.39, 0.29) is 17.6 Å². The van der Waals surface area contributed by atoms with E-state index in [1.165, 1.54) is 25.7 Å². The number of ether oxygens (including phenoxy) is 1. The molecule has 5 aliphatic rings. The van der Waals surface area contributed by atoms with Crippen molar-refractivity contribution < 1.29 is 14.3 Å². The van der Waals surface area contributed by atoms with Crippen LogP contribution < -0.4 is 5.32 Å². The Bertz CT molecular complexity index is 839. The fraction of sp³-hybridized carbons (Fsp3) is 0.667. The number of piperidine rings is 1. The van der Waals surface area contributed by atoms with Gasteiger partial charge in [0.25, 0.3) is 0 Å². The lowest BCUT2D eigenvalue weighted by atomic mass is 9.56. The molecule has 1 aromatic carbocycles. The summed E-state index contributed by atoms with van der Waals surface area (Å²) < 4.78 is 5.03. The van der Waals surface area contributed by atoms with Crippen LogP contribution in [0, 0.1) is 11.3 Å². The van der Waals surface area contributed by atoms with E-state index in [2.05, 4.69) is 34.5 Å². The van der Waals surface area contributed by atoms with E-state index in [0.29, 0.717) is 23.8 Å². The van der Waals surface area contributed by atoms with Gasteiger partial charge in [0, 0.05) is 19.0 Å². The first-order valence-electron chi connectivity index (χ1n) is 11.4. The number of likely N-dealkylation sites (tertiary alicyclic amines) is 1. The van der Waals surface area contributed by atoms with Gasteiger partial charge in [0.05, 0.1) is 5.54 Å². The average molecular weight is 395 g/mol. The molecule has 2 heterocycles. The number of alkyl carbamates (subject to hydrolysis) is 1. The first-order valence-corrected chi connectivity index (χ1v) is 11.4. The van der Waals surface area contributed by atoms with Crippen molar-refractivity contribution >= 4 is 12.0 Å². The summed E-state index contributed by atoms with van der Waals surface area (Å²) in [7, 11) is 0. The molecule has 3 saturated carbocycles. The number of rotatable bonds is 3. The van der Waals surface area contributed by atoms with Crippen molar-refractivity contribution in [1.29, 1.82) is 0 Å². The molecule has 2 amide bonds. The minimum Gasteiger partial charge on any atom is -0.447 e. The van der Waals surface area contributed by atoms with Crippen LogP contribution in [0.4, 0.5) is 4.79 Å². The number of benzene rings is 1. The first-order chi connectivity index (χ1) is 14.0. The predicted molar refractivity (Wildman–Crippen MR) is 109 cm³/mol. The standard InChI is InChI=1S/C24H30N2O3/c27-21(20-13-24(14-20)15-29-22(28)25-24)26-8-6-23(7-9-26)11-19(12-23)18-3-1-2-17(10-18)16-4-5-16/h1-3,10,16,19-20H,4-9,11-15H2,(H,25,28)/t20-,24+. The highest BCUT2D eigenvalue weighted by molar-refractivity contribution is 5.81. The summed E-state index contributed by atoms with van der Waals surface area (Å²) in [5.74, 6) is 1.89. The van der Waals surface area contributed by atoms with E-state index in [0.717, 1.165) is 44.7 Å². The smallest absolute Gasteiger partial charge is 0.407 e. The number of carbonyl (C=O) groups excluding carboxylic acids is 2. The maximum atomic E-state index is 12.9. The van der Waals surface area contributed by atoms with E-state index >= 15 is 0 Å². The summed E-state index contributed by atoms with van der Waals surface area (Å²) >= 11 is 0. The summed E-state index contributed by atoms with van der Waals surface area (Å²) in [6.07, 6.45) is 8.74. The molecule has 3 aliphatic carbocycles. The Kier molecular flexibility index (Phi) is 3.82. The highest BCUT2D eigenvalue weighted by Crippen LogP contribution is 2.57. The molecule has 29 heavy (non-hydrogen) atoms. The predicted octanol–water partition coefficient (Wildman–Crippen LogP) is 3.94. The number of carbonyl (C=O) groups is 2. The molecule has 5 fully saturated rings. The second-order valence-corrected chi connectivity index (χ2v) is 10.5. The van der Waals surface area contributed by atoms with Crippen LogP contribution >= 0.6 is 0 Å². The van der Waals surface area contributed by atoms with Crippen molar-refractivity contribution in [2.24, 2.45) is 11.3 Å². The molecule has 2 aliphatic heterocycles. The molecular weight excluding hydrogens is 364 g/mol. The monoisotopic (exact) mass is 394 g/mol. The van der Waals surface area contributed by atoms with Crippen LogP contribution in [0.2, 0.25) is 0 Å². The van der Waals surface area contributed by atoms with Gasteiger partial charge in [-0.2, -0.15) is 0 Å². The Morgan fingerprint density at radius 2 is 1.72 bits per heavy atom. The summed E-state index contributed by atoms with van der Waals surface area (Å²) in [5, 5.41) is 2.89. The lowest BCUT2D eigenvalue weighted by Gasteiger charge is -2.53. The van der Waals surface area contributed by atoms with Crippen LogP contribution in [0.3, 0.4) is 0 Å². The van der Waals surface area contributed by atoms with Crippen LogP contribution in [0.5, 0.6) is 0 Å². The van der Waals surface area contributed by atoms with Gasteiger partial charge in [0.1, 0.15) is 6.61 Å². The highest BCUT2D eigenvalue weighted by atomic mass is 16.6. The third kappa shape index (κ3) is 3.04. The van der Waals surface area contributed by atoms with E-state index in [9.17, 15) is 9.59 Å². The van der Waals surface area contributed by atoms with E-state index in [1.54, 1.807) is 11.1 Å². The fourth-order valence-electron chi connectivity index (χ4n) is 6.34. The molecule has 0 atom stereocenters. The van der Waals surface area contributed by atoms with E-state index < -0.39 is 0 Å². The molecule has 0 aromatic heterocycles. The van der Waals surface area contributed by atoms with Crippen LogP contribution in [-0.2, 0) is 9.53 Å². The van der Waals surface area contributed by atoms with Gasteiger partial charge in [0.15, 0.2) is 0 Å². The summed E-state index contributed by atoms with van der Waals surface area (Å²) in [4.78, 5) is 26.3. The number of cyclic esters (lactones) is 1. The molecule has 0 radical (unpaired) electrons. The van der Waals surface area contributed by atoms with Crippen molar-refractivity contribution in [3.8, 4) is 0 Å². The number of hydrogen-bond donors (Lipinski definition) is 1. The summed E-state index contributed by atoms with van der Waals surface area (Å²) in [6.45, 7) is 2.22. The van der Waals surface area contributed by atoms with Gasteiger partial charge < -0.3 is 15.0 Å². The Balaban J connectivity index is 1.01. The van der Waals surface area contributed by atoms with Crippen LogP contribution in [-0.4, -0.2) is 42.1 Å². The van der Waals surface area contributed by atoms with Crippen molar-refractivity contribution in [2.75, 3.05) is 19.7 Å². The van der Waals surface area contributed by atoms with Gasteiger partial charge in [-0.25, -0.2) is 4.79 Å². The van der Waals surface area contributed by atoms with Gasteiger partial charge in [-0.1, -0.05) is 24.3 Å². The minimum absolute atomic E-state index is 0.0605. The molecule has 1 N–H and O–H groups in total. The molecule has 2 saturated heterocycles. The van der Waals surface area contributed by atoms with Gasteiger partial charge >= 0.3 is 6.09 Å². The van der Waals surface area contributed by atoms with Crippen molar-refractivity contribution in [3.63, 3.8) is 0 Å². The second kappa shape index (κ2) is 6.23. The maximum absolute atomic E-state index is 12.9. The van der Waals surface area contributed by atoms with Crippen LogP contribution in [0.25, 0.3) is 0 Å². The molecule has 154 valence electrons. The SMILES string of the molecule is O=C1N[C@]2(CO1)C[C@H](C(=O)N1CCC3(CC1)CC(c1cccc(C4CC4)c1)C3)C2. The largest absolute Gasteiger partial charge is 0.447 e. The van der Waals surface area contributed by atoms with Crippen LogP contribution in [0.15, 0.2) is 24.3 Å². The maximum Gasteiger partial charge on any atom is 0.407 e. The van der Waals surface area contributed by atoms with Crippen molar-refractivity contribution in [3.05, 3.63) is 35.4 Å². The van der Waals surface area contributed by atoms with Gasteiger partial charge in [-0.15, -0.1) is 0 Å². The van der Waals surface area contributed by atoms with Gasteiger partial charge in [0.2, 0.25) is 5.91 Å².